The largest absolute Gasteiger partial charge is 0.349 e. The maximum Gasteiger partial charge on any atom is 0.261 e. The summed E-state index contributed by atoms with van der Waals surface area (Å²) in [4.78, 5) is 12.4. The van der Waals surface area contributed by atoms with Crippen molar-refractivity contribution >= 4 is 21.6 Å². The van der Waals surface area contributed by atoms with Crippen molar-refractivity contribution < 1.29 is 17.6 Å². The second-order valence-electron chi connectivity index (χ2n) is 6.69. The van der Waals surface area contributed by atoms with Crippen LogP contribution in [0.2, 0.25) is 0 Å². The van der Waals surface area contributed by atoms with Gasteiger partial charge in [0.05, 0.1) is 4.90 Å². The van der Waals surface area contributed by atoms with Gasteiger partial charge in [0.1, 0.15) is 5.82 Å². The summed E-state index contributed by atoms with van der Waals surface area (Å²) < 4.78 is 40.0. The SMILES string of the molecule is CC1CNCCC1NC(=O)c1ccc(NS(=O)(=O)c2ccc(F)cc2)cc1. The van der Waals surface area contributed by atoms with Crippen LogP contribution in [0.4, 0.5) is 10.1 Å². The fourth-order valence-electron chi connectivity index (χ4n) is 3.00. The van der Waals surface area contributed by atoms with Gasteiger partial charge in [-0.05, 0) is 74.0 Å². The molecule has 27 heavy (non-hydrogen) atoms. The minimum absolute atomic E-state index is 0.0365. The summed E-state index contributed by atoms with van der Waals surface area (Å²) in [6.07, 6.45) is 0.877. The van der Waals surface area contributed by atoms with Crippen molar-refractivity contribution in [2.45, 2.75) is 24.3 Å². The van der Waals surface area contributed by atoms with Crippen LogP contribution in [-0.4, -0.2) is 33.5 Å². The molecule has 2 atom stereocenters. The molecule has 1 heterocycles. The number of sulfonamides is 1. The molecular weight excluding hydrogens is 369 g/mol. The van der Waals surface area contributed by atoms with E-state index in [9.17, 15) is 17.6 Å². The molecule has 0 spiro atoms. The predicted molar refractivity (Wildman–Crippen MR) is 102 cm³/mol. The molecule has 0 aromatic heterocycles. The lowest BCUT2D eigenvalue weighted by atomic mass is 9.95. The molecule has 3 N–H and O–H groups in total. The molecule has 0 aliphatic carbocycles. The average Bonchev–Trinajstić information content (AvgIpc) is 2.64. The molecule has 0 radical (unpaired) electrons. The Balaban J connectivity index is 1.66. The molecule has 0 saturated carbocycles. The van der Waals surface area contributed by atoms with Gasteiger partial charge in [-0.15, -0.1) is 0 Å². The monoisotopic (exact) mass is 391 g/mol. The van der Waals surface area contributed by atoms with Crippen LogP contribution in [0.25, 0.3) is 0 Å². The highest BCUT2D eigenvalue weighted by Gasteiger charge is 2.23. The minimum atomic E-state index is -3.82. The van der Waals surface area contributed by atoms with Crippen molar-refractivity contribution in [2.75, 3.05) is 17.8 Å². The van der Waals surface area contributed by atoms with Gasteiger partial charge in [0.15, 0.2) is 0 Å². The van der Waals surface area contributed by atoms with Gasteiger partial charge in [-0.25, -0.2) is 12.8 Å². The molecule has 1 aliphatic heterocycles. The highest BCUT2D eigenvalue weighted by Crippen LogP contribution is 2.18. The lowest BCUT2D eigenvalue weighted by molar-refractivity contribution is 0.0914. The molecule has 2 aromatic carbocycles. The second-order valence-corrected chi connectivity index (χ2v) is 8.37. The Kier molecular flexibility index (Phi) is 5.76. The van der Waals surface area contributed by atoms with E-state index in [2.05, 4.69) is 22.3 Å². The van der Waals surface area contributed by atoms with Crippen molar-refractivity contribution in [2.24, 2.45) is 5.92 Å². The van der Waals surface area contributed by atoms with Crippen molar-refractivity contribution in [1.29, 1.82) is 0 Å². The Bertz CT molecular complexity index is 899. The summed E-state index contributed by atoms with van der Waals surface area (Å²) in [5.74, 6) is -0.335. The number of benzene rings is 2. The lowest BCUT2D eigenvalue weighted by Gasteiger charge is -2.30. The number of carbonyl (C=O) groups excluding carboxylic acids is 1. The standard InChI is InChI=1S/C19H22FN3O3S/c1-13-12-21-11-10-18(13)22-19(24)14-2-6-16(7-3-14)23-27(25,26)17-8-4-15(20)5-9-17/h2-9,13,18,21,23H,10-12H2,1H3,(H,22,24). The zero-order valence-corrected chi connectivity index (χ0v) is 15.7. The second kappa shape index (κ2) is 8.06. The minimum Gasteiger partial charge on any atom is -0.349 e. The molecule has 1 fully saturated rings. The van der Waals surface area contributed by atoms with Crippen LogP contribution in [0.3, 0.4) is 0 Å². The quantitative estimate of drug-likeness (QED) is 0.730. The van der Waals surface area contributed by atoms with Crippen LogP contribution in [-0.2, 0) is 10.0 Å². The average molecular weight is 391 g/mol. The van der Waals surface area contributed by atoms with E-state index in [1.807, 2.05) is 0 Å². The predicted octanol–water partition coefficient (Wildman–Crippen LogP) is 2.35. The van der Waals surface area contributed by atoms with Crippen molar-refractivity contribution in [3.05, 3.63) is 59.9 Å². The van der Waals surface area contributed by atoms with E-state index >= 15 is 0 Å². The first-order valence-electron chi connectivity index (χ1n) is 8.75. The Morgan fingerprint density at radius 2 is 1.78 bits per heavy atom. The first-order valence-corrected chi connectivity index (χ1v) is 10.2. The van der Waals surface area contributed by atoms with Gasteiger partial charge in [0.25, 0.3) is 15.9 Å². The van der Waals surface area contributed by atoms with Crippen LogP contribution >= 0.6 is 0 Å². The number of rotatable bonds is 5. The summed E-state index contributed by atoms with van der Waals surface area (Å²) in [5, 5.41) is 6.32. The van der Waals surface area contributed by atoms with E-state index in [1.54, 1.807) is 12.1 Å². The summed E-state index contributed by atoms with van der Waals surface area (Å²) in [5.41, 5.74) is 0.788. The molecule has 0 bridgehead atoms. The first kappa shape index (κ1) is 19.3. The smallest absolute Gasteiger partial charge is 0.261 e. The number of nitrogens with one attached hydrogen (secondary N) is 3. The third-order valence-electron chi connectivity index (χ3n) is 4.63. The molecular formula is C19H22FN3O3S. The number of hydrogen-bond acceptors (Lipinski definition) is 4. The van der Waals surface area contributed by atoms with E-state index in [4.69, 9.17) is 0 Å². The molecule has 1 saturated heterocycles. The summed E-state index contributed by atoms with van der Waals surface area (Å²) in [6.45, 7) is 3.83. The fourth-order valence-corrected chi connectivity index (χ4v) is 4.06. The Morgan fingerprint density at radius 3 is 2.41 bits per heavy atom. The molecule has 2 unspecified atom stereocenters. The van der Waals surface area contributed by atoms with E-state index < -0.39 is 15.8 Å². The molecule has 1 aliphatic rings. The van der Waals surface area contributed by atoms with Gasteiger partial charge < -0.3 is 10.6 Å². The number of anilines is 1. The zero-order chi connectivity index (χ0) is 19.4. The van der Waals surface area contributed by atoms with Gasteiger partial charge in [0.2, 0.25) is 0 Å². The van der Waals surface area contributed by atoms with Crippen LogP contribution in [0.5, 0.6) is 0 Å². The molecule has 3 rings (SSSR count). The van der Waals surface area contributed by atoms with Gasteiger partial charge >= 0.3 is 0 Å². The van der Waals surface area contributed by atoms with Crippen molar-refractivity contribution in [3.63, 3.8) is 0 Å². The first-order chi connectivity index (χ1) is 12.8. The number of hydrogen-bond donors (Lipinski definition) is 3. The highest BCUT2D eigenvalue weighted by molar-refractivity contribution is 7.92. The lowest BCUT2D eigenvalue weighted by Crippen LogP contribution is -2.48. The fraction of sp³-hybridized carbons (Fsp3) is 0.316. The molecule has 8 heteroatoms. The van der Waals surface area contributed by atoms with Gasteiger partial charge in [-0.2, -0.15) is 0 Å². The maximum absolute atomic E-state index is 13.0. The molecule has 1 amide bonds. The molecule has 144 valence electrons. The molecule has 6 nitrogen and oxygen atoms in total. The third-order valence-corrected chi connectivity index (χ3v) is 6.02. The van der Waals surface area contributed by atoms with E-state index in [1.165, 1.54) is 24.3 Å². The highest BCUT2D eigenvalue weighted by atomic mass is 32.2. The van der Waals surface area contributed by atoms with Gasteiger partial charge in [0, 0.05) is 17.3 Å². The van der Waals surface area contributed by atoms with E-state index in [-0.39, 0.29) is 16.8 Å². The number of piperidine rings is 1. The summed E-state index contributed by atoms with van der Waals surface area (Å²) in [7, 11) is -3.82. The molecule has 2 aromatic rings. The van der Waals surface area contributed by atoms with Crippen LogP contribution in [0.1, 0.15) is 23.7 Å². The van der Waals surface area contributed by atoms with E-state index in [0.717, 1.165) is 31.6 Å². The van der Waals surface area contributed by atoms with Crippen LogP contribution in [0, 0.1) is 11.7 Å². The Hall–Kier alpha value is -2.45. The van der Waals surface area contributed by atoms with Crippen LogP contribution in [0.15, 0.2) is 53.4 Å². The maximum atomic E-state index is 13.0. The number of halogens is 1. The van der Waals surface area contributed by atoms with Crippen molar-refractivity contribution in [3.8, 4) is 0 Å². The number of carbonyl (C=O) groups is 1. The van der Waals surface area contributed by atoms with Crippen LogP contribution < -0.4 is 15.4 Å². The summed E-state index contributed by atoms with van der Waals surface area (Å²) >= 11 is 0. The zero-order valence-electron chi connectivity index (χ0n) is 14.9. The van der Waals surface area contributed by atoms with Gasteiger partial charge in [-0.3, -0.25) is 9.52 Å². The third kappa shape index (κ3) is 4.84. The topological polar surface area (TPSA) is 87.3 Å². The summed E-state index contributed by atoms with van der Waals surface area (Å²) in [6, 6.07) is 10.9. The number of amides is 1. The van der Waals surface area contributed by atoms with Crippen molar-refractivity contribution in [1.82, 2.24) is 10.6 Å². The Labute approximate surface area is 158 Å². The normalized spacial score (nSPS) is 20.1. The van der Waals surface area contributed by atoms with E-state index in [0.29, 0.717) is 17.2 Å². The van der Waals surface area contributed by atoms with Gasteiger partial charge in [-0.1, -0.05) is 6.92 Å². The Morgan fingerprint density at radius 1 is 1.11 bits per heavy atom.